The molecule has 1 N–H and O–H groups in total. The van der Waals surface area contributed by atoms with E-state index in [2.05, 4.69) is 33.0 Å². The molecule has 0 heterocycles. The van der Waals surface area contributed by atoms with E-state index >= 15 is 0 Å². The van der Waals surface area contributed by atoms with Gasteiger partial charge >= 0.3 is 0 Å². The molecular weight excluding hydrogens is 150 g/mol. The van der Waals surface area contributed by atoms with Gasteiger partial charge < -0.3 is 10.1 Å². The van der Waals surface area contributed by atoms with Crippen LogP contribution in [0.1, 0.15) is 34.1 Å². The van der Waals surface area contributed by atoms with E-state index in [0.717, 1.165) is 13.2 Å². The maximum Gasteiger partial charge on any atom is 0.0587 e. The molecule has 1 unspecified atom stereocenters. The fourth-order valence-electron chi connectivity index (χ4n) is 1.40. The van der Waals surface area contributed by atoms with Gasteiger partial charge in [-0.15, -0.1) is 0 Å². The Morgan fingerprint density at radius 1 is 1.33 bits per heavy atom. The normalized spacial score (nSPS) is 14.8. The Balaban J connectivity index is 3.68. The Morgan fingerprint density at radius 3 is 2.25 bits per heavy atom. The van der Waals surface area contributed by atoms with Gasteiger partial charge in [-0.2, -0.15) is 0 Å². The van der Waals surface area contributed by atoms with E-state index in [1.807, 2.05) is 0 Å². The molecule has 0 aliphatic heterocycles. The van der Waals surface area contributed by atoms with Gasteiger partial charge in [0.15, 0.2) is 0 Å². The first-order valence-electron chi connectivity index (χ1n) is 4.74. The molecule has 0 aromatic heterocycles. The number of nitrogens with one attached hydrogen (secondary N) is 1. The number of rotatable bonds is 5. The van der Waals surface area contributed by atoms with Crippen molar-refractivity contribution in [3.63, 3.8) is 0 Å². The molecular formula is C10H23NO. The Bertz CT molecular complexity index is 107. The van der Waals surface area contributed by atoms with E-state index in [-0.39, 0.29) is 0 Å². The Morgan fingerprint density at radius 2 is 1.92 bits per heavy atom. The van der Waals surface area contributed by atoms with Crippen molar-refractivity contribution in [3.8, 4) is 0 Å². The summed E-state index contributed by atoms with van der Waals surface area (Å²) in [6.45, 7) is 10.8. The predicted octanol–water partition coefficient (Wildman–Crippen LogP) is 2.05. The second-order valence-corrected chi connectivity index (χ2v) is 4.27. The van der Waals surface area contributed by atoms with Gasteiger partial charge in [-0.25, -0.2) is 0 Å². The van der Waals surface area contributed by atoms with Crippen molar-refractivity contribution in [2.24, 2.45) is 5.41 Å². The minimum absolute atomic E-state index is 0.350. The topological polar surface area (TPSA) is 21.3 Å². The molecule has 0 saturated heterocycles. The molecule has 2 heteroatoms. The molecule has 1 atom stereocenters. The van der Waals surface area contributed by atoms with E-state index in [1.165, 1.54) is 6.42 Å². The maximum atomic E-state index is 4.99. The van der Waals surface area contributed by atoms with Crippen LogP contribution >= 0.6 is 0 Å². The highest BCUT2D eigenvalue weighted by Crippen LogP contribution is 2.21. The number of ether oxygens (including phenoxy) is 1. The summed E-state index contributed by atoms with van der Waals surface area (Å²) in [6.07, 6.45) is 1.17. The lowest BCUT2D eigenvalue weighted by Crippen LogP contribution is -2.41. The van der Waals surface area contributed by atoms with Gasteiger partial charge in [0.25, 0.3) is 0 Å². The first kappa shape index (κ1) is 11.9. The molecule has 0 aromatic rings. The zero-order valence-electron chi connectivity index (χ0n) is 9.11. The summed E-state index contributed by atoms with van der Waals surface area (Å²) in [5.74, 6) is 0. The largest absolute Gasteiger partial charge is 0.383 e. The molecule has 0 radical (unpaired) electrons. The summed E-state index contributed by atoms with van der Waals surface area (Å²) >= 11 is 0. The Labute approximate surface area is 76.7 Å². The molecule has 0 aliphatic carbocycles. The third kappa shape index (κ3) is 4.73. The Hall–Kier alpha value is -0.0800. The van der Waals surface area contributed by atoms with Gasteiger partial charge in [0.2, 0.25) is 0 Å². The molecule has 0 spiro atoms. The van der Waals surface area contributed by atoms with Gasteiger partial charge in [0.1, 0.15) is 0 Å². The summed E-state index contributed by atoms with van der Waals surface area (Å²) < 4.78 is 4.99. The molecule has 0 amide bonds. The highest BCUT2D eigenvalue weighted by Gasteiger charge is 2.21. The average Bonchev–Trinajstić information content (AvgIpc) is 1.95. The Kier molecular flexibility index (Phi) is 5.51. The van der Waals surface area contributed by atoms with Crippen molar-refractivity contribution >= 4 is 0 Å². The zero-order valence-corrected chi connectivity index (χ0v) is 9.11. The third-order valence-corrected chi connectivity index (χ3v) is 2.15. The number of methoxy groups -OCH3 is 1. The number of hydrogen-bond donors (Lipinski definition) is 1. The smallest absolute Gasteiger partial charge is 0.0587 e. The highest BCUT2D eigenvalue weighted by molar-refractivity contribution is 4.78. The van der Waals surface area contributed by atoms with Crippen molar-refractivity contribution in [2.75, 3.05) is 20.3 Å². The van der Waals surface area contributed by atoms with Gasteiger partial charge in [-0.05, 0) is 11.8 Å². The first-order valence-corrected chi connectivity index (χ1v) is 4.74. The zero-order chi connectivity index (χ0) is 9.61. The van der Waals surface area contributed by atoms with Gasteiger partial charge in [-0.1, -0.05) is 27.7 Å². The summed E-state index contributed by atoms with van der Waals surface area (Å²) in [5.41, 5.74) is 0.350. The second-order valence-electron chi connectivity index (χ2n) is 4.27. The molecule has 74 valence electrons. The lowest BCUT2D eigenvalue weighted by Gasteiger charge is -2.30. The van der Waals surface area contributed by atoms with Gasteiger partial charge in [-0.3, -0.25) is 0 Å². The molecule has 0 fully saturated rings. The van der Waals surface area contributed by atoms with Crippen LogP contribution in [0.25, 0.3) is 0 Å². The van der Waals surface area contributed by atoms with Crippen molar-refractivity contribution in [3.05, 3.63) is 0 Å². The van der Waals surface area contributed by atoms with Gasteiger partial charge in [0.05, 0.1) is 6.61 Å². The van der Waals surface area contributed by atoms with Crippen LogP contribution in [0.4, 0.5) is 0 Å². The van der Waals surface area contributed by atoms with Crippen molar-refractivity contribution in [1.82, 2.24) is 5.32 Å². The monoisotopic (exact) mass is 173 g/mol. The molecule has 0 bridgehead atoms. The van der Waals surface area contributed by atoms with Crippen LogP contribution in [-0.2, 0) is 4.74 Å². The van der Waals surface area contributed by atoms with Crippen LogP contribution in [0.5, 0.6) is 0 Å². The summed E-state index contributed by atoms with van der Waals surface area (Å²) in [5, 5.41) is 3.49. The fraction of sp³-hybridized carbons (Fsp3) is 1.00. The molecule has 0 aliphatic rings. The van der Waals surface area contributed by atoms with Crippen LogP contribution in [-0.4, -0.2) is 26.3 Å². The maximum absolute atomic E-state index is 4.99. The van der Waals surface area contributed by atoms with Crippen molar-refractivity contribution < 1.29 is 4.74 Å². The predicted molar refractivity (Wildman–Crippen MR) is 53.4 cm³/mol. The molecule has 0 saturated carbocycles. The standard InChI is InChI=1S/C10H23NO/c1-6-9(10(2,3)4)11-7-8-12-5/h9,11H,6-8H2,1-5H3. The molecule has 2 nitrogen and oxygen atoms in total. The van der Waals surface area contributed by atoms with E-state index in [0.29, 0.717) is 11.5 Å². The van der Waals surface area contributed by atoms with Gasteiger partial charge in [0, 0.05) is 19.7 Å². The van der Waals surface area contributed by atoms with Crippen LogP contribution in [0, 0.1) is 5.41 Å². The first-order chi connectivity index (χ1) is 5.52. The minimum Gasteiger partial charge on any atom is -0.383 e. The third-order valence-electron chi connectivity index (χ3n) is 2.15. The second kappa shape index (κ2) is 5.55. The quantitative estimate of drug-likeness (QED) is 0.642. The summed E-state index contributed by atoms with van der Waals surface area (Å²) in [7, 11) is 1.74. The molecule has 12 heavy (non-hydrogen) atoms. The number of hydrogen-bond acceptors (Lipinski definition) is 2. The summed E-state index contributed by atoms with van der Waals surface area (Å²) in [6, 6.07) is 0.590. The minimum atomic E-state index is 0.350. The van der Waals surface area contributed by atoms with E-state index in [4.69, 9.17) is 4.74 Å². The molecule has 0 rings (SSSR count). The van der Waals surface area contributed by atoms with E-state index in [1.54, 1.807) is 7.11 Å². The summed E-state index contributed by atoms with van der Waals surface area (Å²) in [4.78, 5) is 0. The van der Waals surface area contributed by atoms with Crippen LogP contribution < -0.4 is 5.32 Å². The highest BCUT2D eigenvalue weighted by atomic mass is 16.5. The SMILES string of the molecule is CCC(NCCOC)C(C)(C)C. The van der Waals surface area contributed by atoms with Crippen LogP contribution in [0.15, 0.2) is 0 Å². The van der Waals surface area contributed by atoms with Crippen LogP contribution in [0.2, 0.25) is 0 Å². The van der Waals surface area contributed by atoms with Crippen molar-refractivity contribution in [1.29, 1.82) is 0 Å². The van der Waals surface area contributed by atoms with E-state index < -0.39 is 0 Å². The molecule has 0 aromatic carbocycles. The average molecular weight is 173 g/mol. The van der Waals surface area contributed by atoms with E-state index in [9.17, 15) is 0 Å². The lowest BCUT2D eigenvalue weighted by molar-refractivity contribution is 0.179. The lowest BCUT2D eigenvalue weighted by atomic mass is 9.85. The van der Waals surface area contributed by atoms with Crippen LogP contribution in [0.3, 0.4) is 0 Å². The van der Waals surface area contributed by atoms with Crippen molar-refractivity contribution in [2.45, 2.75) is 40.2 Å². The fourth-order valence-corrected chi connectivity index (χ4v) is 1.40.